The maximum Gasteiger partial charge on any atom is 0.0159 e. The summed E-state index contributed by atoms with van der Waals surface area (Å²) in [4.78, 5) is 0. The van der Waals surface area contributed by atoms with Crippen LogP contribution in [0.1, 0.15) is 48.1 Å². The van der Waals surface area contributed by atoms with Crippen LogP contribution in [0.15, 0.2) is 127 Å². The monoisotopic (exact) mass is 548 g/mol. The van der Waals surface area contributed by atoms with Gasteiger partial charge in [0.1, 0.15) is 0 Å². The lowest BCUT2D eigenvalue weighted by atomic mass is 9.79. The van der Waals surface area contributed by atoms with E-state index in [9.17, 15) is 0 Å². The minimum Gasteiger partial charge on any atom is -0.0795 e. The Balaban J connectivity index is 1.03. The normalized spacial score (nSPS) is 15.3. The molecule has 0 atom stereocenters. The second kappa shape index (κ2) is 9.03. The van der Waals surface area contributed by atoms with Crippen LogP contribution in [0.5, 0.6) is 0 Å². The molecule has 0 nitrogen and oxygen atoms in total. The Morgan fingerprint density at radius 2 is 1.16 bits per heavy atom. The Morgan fingerprint density at radius 3 is 1.95 bits per heavy atom. The summed E-state index contributed by atoms with van der Waals surface area (Å²) in [6.07, 6.45) is 9.08. The molecule has 0 heteroatoms. The molecule has 0 spiro atoms. The van der Waals surface area contributed by atoms with Gasteiger partial charge in [0.15, 0.2) is 0 Å². The summed E-state index contributed by atoms with van der Waals surface area (Å²) >= 11 is 0. The predicted molar refractivity (Wildman–Crippen MR) is 183 cm³/mol. The fourth-order valence-electron chi connectivity index (χ4n) is 7.88. The van der Waals surface area contributed by atoms with E-state index in [1.54, 1.807) is 0 Å². The molecule has 9 rings (SSSR count). The van der Waals surface area contributed by atoms with Gasteiger partial charge >= 0.3 is 0 Å². The number of hydrogen-bond acceptors (Lipinski definition) is 0. The van der Waals surface area contributed by atoms with Gasteiger partial charge in [0.05, 0.1) is 0 Å². The average molecular weight is 549 g/mol. The Hall–Kier alpha value is -4.94. The van der Waals surface area contributed by atoms with Crippen molar-refractivity contribution in [3.05, 3.63) is 155 Å². The highest BCUT2D eigenvalue weighted by molar-refractivity contribution is 6.05. The minimum atomic E-state index is 0.0160. The van der Waals surface area contributed by atoms with E-state index in [1.165, 1.54) is 88.7 Å². The van der Waals surface area contributed by atoms with E-state index in [1.807, 2.05) is 0 Å². The Labute approximate surface area is 253 Å². The van der Waals surface area contributed by atoms with Gasteiger partial charge in [0, 0.05) is 5.41 Å². The molecule has 0 N–H and O–H groups in total. The Kier molecular flexibility index (Phi) is 5.17. The maximum absolute atomic E-state index is 2.45. The number of fused-ring (bicyclic) bond motifs is 3. The highest BCUT2D eigenvalue weighted by atomic mass is 14.4. The van der Waals surface area contributed by atoms with Crippen LogP contribution >= 0.6 is 0 Å². The first kappa shape index (κ1) is 24.6. The average Bonchev–Trinajstić information content (AvgIpc) is 3.29. The molecule has 0 amide bonds. The van der Waals surface area contributed by atoms with Crippen molar-refractivity contribution in [3.63, 3.8) is 0 Å². The number of hydrogen-bond donors (Lipinski definition) is 0. The number of rotatable bonds is 3. The zero-order valence-electron chi connectivity index (χ0n) is 24.6. The third kappa shape index (κ3) is 3.63. The van der Waals surface area contributed by atoms with Crippen LogP contribution in [0.2, 0.25) is 0 Å². The number of allylic oxidation sites excluding steroid dienone is 3. The van der Waals surface area contributed by atoms with Crippen LogP contribution in [0.25, 0.3) is 66.9 Å². The first-order valence-corrected chi connectivity index (χ1v) is 15.5. The van der Waals surface area contributed by atoms with Gasteiger partial charge in [-0.15, -0.1) is 0 Å². The van der Waals surface area contributed by atoms with E-state index >= 15 is 0 Å². The van der Waals surface area contributed by atoms with Gasteiger partial charge in [-0.25, -0.2) is 0 Å². The smallest absolute Gasteiger partial charge is 0.0159 e. The van der Waals surface area contributed by atoms with E-state index in [-0.39, 0.29) is 5.41 Å². The summed E-state index contributed by atoms with van der Waals surface area (Å²) in [5.41, 5.74) is 19.0. The lowest BCUT2D eigenvalue weighted by Gasteiger charge is -2.25. The quantitative estimate of drug-likeness (QED) is 0.206. The van der Waals surface area contributed by atoms with Crippen molar-refractivity contribution in [2.75, 3.05) is 0 Å². The predicted octanol–water partition coefficient (Wildman–Crippen LogP) is 11.5. The molecule has 0 saturated carbocycles. The summed E-state index contributed by atoms with van der Waals surface area (Å²) in [5, 5.41) is 2.81. The molecule has 0 aromatic heterocycles. The molecule has 204 valence electrons. The van der Waals surface area contributed by atoms with Crippen LogP contribution < -0.4 is 0 Å². The fraction of sp³-hybridized carbons (Fsp3) is 0.116. The van der Waals surface area contributed by atoms with Crippen LogP contribution in [0, 0.1) is 0 Å². The van der Waals surface area contributed by atoms with Crippen LogP contribution in [-0.2, 0) is 11.8 Å². The Bertz CT molecular complexity index is 2170. The van der Waals surface area contributed by atoms with Gasteiger partial charge in [-0.3, -0.25) is 0 Å². The van der Waals surface area contributed by atoms with Crippen molar-refractivity contribution >= 4 is 22.4 Å². The summed E-state index contributed by atoms with van der Waals surface area (Å²) in [5.74, 6) is 0. The van der Waals surface area contributed by atoms with Gasteiger partial charge in [-0.2, -0.15) is 0 Å². The zero-order valence-corrected chi connectivity index (χ0v) is 24.6. The summed E-state index contributed by atoms with van der Waals surface area (Å²) in [7, 11) is 0. The van der Waals surface area contributed by atoms with Gasteiger partial charge in [-0.05, 0) is 108 Å². The maximum atomic E-state index is 2.45. The van der Waals surface area contributed by atoms with Crippen molar-refractivity contribution in [2.24, 2.45) is 0 Å². The Morgan fingerprint density at radius 1 is 0.535 bits per heavy atom. The fourth-order valence-corrected chi connectivity index (χ4v) is 7.88. The van der Waals surface area contributed by atoms with E-state index in [0.29, 0.717) is 0 Å². The lowest BCUT2D eigenvalue weighted by molar-refractivity contribution is 0.660. The second-order valence-electron chi connectivity index (χ2n) is 12.8. The summed E-state index contributed by atoms with van der Waals surface area (Å²) in [6.45, 7) is 4.69. The van der Waals surface area contributed by atoms with Crippen molar-refractivity contribution in [2.45, 2.75) is 32.1 Å². The third-order valence-corrected chi connectivity index (χ3v) is 10.2. The largest absolute Gasteiger partial charge is 0.0795 e. The van der Waals surface area contributed by atoms with E-state index < -0.39 is 0 Å². The van der Waals surface area contributed by atoms with E-state index in [4.69, 9.17) is 0 Å². The molecule has 0 bridgehead atoms. The minimum absolute atomic E-state index is 0.0160. The van der Waals surface area contributed by atoms with E-state index in [2.05, 4.69) is 147 Å². The molecule has 0 aliphatic heterocycles. The van der Waals surface area contributed by atoms with Crippen molar-refractivity contribution in [1.29, 1.82) is 0 Å². The molecule has 3 aliphatic carbocycles. The van der Waals surface area contributed by atoms with Gasteiger partial charge in [0.2, 0.25) is 0 Å². The number of benzene rings is 6. The molecule has 6 aromatic carbocycles. The van der Waals surface area contributed by atoms with E-state index in [0.717, 1.165) is 12.8 Å². The highest BCUT2D eigenvalue weighted by Gasteiger charge is 2.35. The summed E-state index contributed by atoms with van der Waals surface area (Å²) < 4.78 is 0. The van der Waals surface area contributed by atoms with Crippen molar-refractivity contribution in [3.8, 4) is 44.5 Å². The van der Waals surface area contributed by atoms with Gasteiger partial charge < -0.3 is 0 Å². The lowest BCUT2D eigenvalue weighted by Crippen LogP contribution is -2.14. The topological polar surface area (TPSA) is 0 Å². The summed E-state index contributed by atoms with van der Waals surface area (Å²) in [6, 6.07) is 43.3. The molecular formula is C43H32. The molecule has 3 aliphatic rings. The molecule has 0 heterocycles. The van der Waals surface area contributed by atoms with Crippen molar-refractivity contribution < 1.29 is 0 Å². The van der Waals surface area contributed by atoms with Crippen LogP contribution in [0.4, 0.5) is 0 Å². The molecule has 43 heavy (non-hydrogen) atoms. The van der Waals surface area contributed by atoms with Crippen molar-refractivity contribution in [1.82, 2.24) is 0 Å². The van der Waals surface area contributed by atoms with Gasteiger partial charge in [-0.1, -0.05) is 141 Å². The van der Waals surface area contributed by atoms with Gasteiger partial charge in [0.25, 0.3) is 0 Å². The molecule has 6 aromatic rings. The molecular weight excluding hydrogens is 516 g/mol. The van der Waals surface area contributed by atoms with Crippen LogP contribution in [0.3, 0.4) is 0 Å². The SMILES string of the molecule is CC1(C)c2ccccc2-c2ccc(-c3ccc(-c4ccc(-c5ccc6ccc7c8c6c5CC=C8CC=C7)cc4)cc3)cc21. The van der Waals surface area contributed by atoms with Crippen LogP contribution in [-0.4, -0.2) is 0 Å². The molecule has 0 saturated heterocycles. The highest BCUT2D eigenvalue weighted by Crippen LogP contribution is 2.49. The second-order valence-corrected chi connectivity index (χ2v) is 12.8. The molecule has 0 unspecified atom stereocenters. The zero-order chi connectivity index (χ0) is 28.7. The standard InChI is InChI=1S/C43H32/c1-43(2)39-9-4-3-8-36(39)37-24-22-34(26-40(37)43)29-12-10-27(11-13-29)28-14-16-30(17-15-28)35-23-20-33-19-18-31-6-5-7-32-21-25-38(35)42(33)41(31)32/h3-6,8-24,26H,7,25H2,1-2H3. The first-order valence-electron chi connectivity index (χ1n) is 15.5. The first-order chi connectivity index (χ1) is 21.1. The molecule has 0 fully saturated rings. The third-order valence-electron chi connectivity index (χ3n) is 10.2. The molecule has 0 radical (unpaired) electrons.